The number of carbonyl (C=O) groups is 1. The number of imidazole rings is 1. The molecular weight excluding hydrogens is 449 g/mol. The van der Waals surface area contributed by atoms with Crippen LogP contribution in [0.15, 0.2) is 35.3 Å². The average molecular weight is 474 g/mol. The minimum absolute atomic E-state index is 0.329. The van der Waals surface area contributed by atoms with Crippen LogP contribution in [0.5, 0.6) is 0 Å². The number of ether oxygens (including phenoxy) is 1. The van der Waals surface area contributed by atoms with E-state index in [0.717, 1.165) is 35.7 Å². The monoisotopic (exact) mass is 473 g/mol. The Morgan fingerprint density at radius 1 is 1.25 bits per heavy atom. The van der Waals surface area contributed by atoms with Crippen LogP contribution < -0.4 is 4.90 Å². The van der Waals surface area contributed by atoms with Crippen LogP contribution in [0.3, 0.4) is 0 Å². The second-order valence-corrected chi connectivity index (χ2v) is 8.72. The fourth-order valence-corrected chi connectivity index (χ4v) is 4.15. The Bertz CT molecular complexity index is 1180. The Balaban J connectivity index is 1.86. The maximum Gasteiger partial charge on any atom is 0.280 e. The lowest BCUT2D eigenvalue weighted by Crippen LogP contribution is -2.36. The molecule has 1 aliphatic heterocycles. The molecule has 0 bridgehead atoms. The van der Waals surface area contributed by atoms with Gasteiger partial charge < -0.3 is 19.1 Å². The molecule has 2 heterocycles. The van der Waals surface area contributed by atoms with Crippen molar-refractivity contribution in [2.45, 2.75) is 13.5 Å². The molecule has 1 aromatic heterocycles. The van der Waals surface area contributed by atoms with Crippen LogP contribution >= 0.6 is 23.2 Å². The number of aliphatic imine (C=N–C) groups is 1. The highest BCUT2D eigenvalue weighted by atomic mass is 35.5. The number of carbonyl (C=O) groups excluding carboxylic acids is 1. The van der Waals surface area contributed by atoms with E-state index in [1.165, 1.54) is 6.34 Å². The zero-order valence-electron chi connectivity index (χ0n) is 18.3. The lowest BCUT2D eigenvalue weighted by atomic mass is 10.1. The highest BCUT2D eigenvalue weighted by Gasteiger charge is 2.21. The molecule has 168 valence electrons. The number of amides is 1. The lowest BCUT2D eigenvalue weighted by Gasteiger charge is -2.29. The quantitative estimate of drug-likeness (QED) is 0.409. The van der Waals surface area contributed by atoms with Gasteiger partial charge in [-0.1, -0.05) is 35.3 Å². The summed E-state index contributed by atoms with van der Waals surface area (Å²) in [4.78, 5) is 25.8. The number of morpholine rings is 1. The fraction of sp³-hybridized carbons (Fsp3) is 0.348. The van der Waals surface area contributed by atoms with Gasteiger partial charge in [0.1, 0.15) is 11.3 Å². The SMILES string of the molecule is Cc1nc2c(C(=O)N=CN(C)C)cc(N3CCOCC3)cc2n1Cc1cccc(Cl)c1Cl. The third-order valence-corrected chi connectivity index (χ3v) is 6.26. The smallest absolute Gasteiger partial charge is 0.280 e. The topological polar surface area (TPSA) is 63.0 Å². The Morgan fingerprint density at radius 2 is 2.00 bits per heavy atom. The van der Waals surface area contributed by atoms with Crippen LogP contribution in [0.2, 0.25) is 10.0 Å². The summed E-state index contributed by atoms with van der Waals surface area (Å²) in [6, 6.07) is 9.54. The van der Waals surface area contributed by atoms with Gasteiger partial charge in [0.25, 0.3) is 5.91 Å². The zero-order chi connectivity index (χ0) is 22.8. The molecule has 1 amide bonds. The molecule has 0 aliphatic carbocycles. The second kappa shape index (κ2) is 9.48. The molecule has 3 aromatic rings. The average Bonchev–Trinajstić information content (AvgIpc) is 3.10. The molecule has 0 saturated carbocycles. The Morgan fingerprint density at radius 3 is 2.72 bits per heavy atom. The molecule has 7 nitrogen and oxygen atoms in total. The molecule has 32 heavy (non-hydrogen) atoms. The minimum Gasteiger partial charge on any atom is -0.378 e. The summed E-state index contributed by atoms with van der Waals surface area (Å²) in [5.41, 5.74) is 3.78. The maximum atomic E-state index is 13.0. The van der Waals surface area contributed by atoms with Crippen LogP contribution in [0.25, 0.3) is 11.0 Å². The van der Waals surface area contributed by atoms with E-state index in [1.807, 2.05) is 39.2 Å². The van der Waals surface area contributed by atoms with Crippen molar-refractivity contribution in [1.29, 1.82) is 0 Å². The predicted octanol–water partition coefficient (Wildman–Crippen LogP) is 4.27. The molecule has 0 N–H and O–H groups in total. The lowest BCUT2D eigenvalue weighted by molar-refractivity contribution is 0.100. The van der Waals surface area contributed by atoms with Crippen LogP contribution in [-0.2, 0) is 11.3 Å². The van der Waals surface area contributed by atoms with Crippen LogP contribution in [0.1, 0.15) is 21.7 Å². The van der Waals surface area contributed by atoms with Crippen molar-refractivity contribution < 1.29 is 9.53 Å². The first-order chi connectivity index (χ1) is 15.3. The largest absolute Gasteiger partial charge is 0.378 e. The van der Waals surface area contributed by atoms with Crippen molar-refractivity contribution in [3.63, 3.8) is 0 Å². The van der Waals surface area contributed by atoms with Crippen LogP contribution in [0, 0.1) is 6.92 Å². The third-order valence-electron chi connectivity index (χ3n) is 5.40. The standard InChI is InChI=1S/C23H25Cl2N5O2/c1-15-27-22-18(23(31)26-14-28(2)3)11-17(29-7-9-32-10-8-29)12-20(22)30(15)13-16-5-4-6-19(24)21(16)25/h4-6,11-12,14H,7-10,13H2,1-3H3. The van der Waals surface area contributed by atoms with Gasteiger partial charge in [0.15, 0.2) is 0 Å². The number of hydrogen-bond acceptors (Lipinski definition) is 4. The molecule has 1 saturated heterocycles. The first kappa shape index (κ1) is 22.6. The van der Waals surface area contributed by atoms with Gasteiger partial charge in [-0.25, -0.2) is 4.98 Å². The van der Waals surface area contributed by atoms with E-state index in [1.54, 1.807) is 11.0 Å². The van der Waals surface area contributed by atoms with E-state index < -0.39 is 0 Å². The first-order valence-corrected chi connectivity index (χ1v) is 11.1. The van der Waals surface area contributed by atoms with Crippen molar-refractivity contribution in [3.05, 3.63) is 57.3 Å². The number of aromatic nitrogens is 2. The van der Waals surface area contributed by atoms with Crippen molar-refractivity contribution in [2.75, 3.05) is 45.3 Å². The molecule has 0 atom stereocenters. The zero-order valence-corrected chi connectivity index (χ0v) is 19.8. The molecule has 0 unspecified atom stereocenters. The highest BCUT2D eigenvalue weighted by Crippen LogP contribution is 2.31. The van der Waals surface area contributed by atoms with Crippen LogP contribution in [-0.4, -0.2) is 67.1 Å². The Kier molecular flexibility index (Phi) is 6.69. The summed E-state index contributed by atoms with van der Waals surface area (Å²) in [7, 11) is 3.65. The van der Waals surface area contributed by atoms with E-state index in [9.17, 15) is 4.79 Å². The molecule has 0 spiro atoms. The van der Waals surface area contributed by atoms with E-state index in [2.05, 4.69) is 20.5 Å². The van der Waals surface area contributed by atoms with Gasteiger partial charge in [0.2, 0.25) is 0 Å². The number of anilines is 1. The third kappa shape index (κ3) is 4.60. The second-order valence-electron chi connectivity index (χ2n) is 7.93. The molecule has 4 rings (SSSR count). The predicted molar refractivity (Wildman–Crippen MR) is 130 cm³/mol. The maximum absolute atomic E-state index is 13.0. The van der Waals surface area contributed by atoms with Gasteiger partial charge >= 0.3 is 0 Å². The molecule has 1 fully saturated rings. The van der Waals surface area contributed by atoms with E-state index in [4.69, 9.17) is 32.9 Å². The number of nitrogens with zero attached hydrogens (tertiary/aromatic N) is 5. The number of halogens is 2. The summed E-state index contributed by atoms with van der Waals surface area (Å²) in [6.07, 6.45) is 1.51. The highest BCUT2D eigenvalue weighted by molar-refractivity contribution is 6.42. The van der Waals surface area contributed by atoms with E-state index in [-0.39, 0.29) is 5.91 Å². The molecular formula is C23H25Cl2N5O2. The number of rotatable bonds is 5. The summed E-state index contributed by atoms with van der Waals surface area (Å²) in [5, 5.41) is 1.03. The number of hydrogen-bond donors (Lipinski definition) is 0. The molecule has 2 aromatic carbocycles. The van der Waals surface area contributed by atoms with Gasteiger partial charge in [-0.15, -0.1) is 0 Å². The van der Waals surface area contributed by atoms with Gasteiger partial charge in [-0.3, -0.25) is 4.79 Å². The summed E-state index contributed by atoms with van der Waals surface area (Å²) in [5.74, 6) is 0.449. The molecule has 0 radical (unpaired) electrons. The number of fused-ring (bicyclic) bond motifs is 1. The number of aryl methyl sites for hydroxylation is 1. The normalized spacial score (nSPS) is 14.5. The van der Waals surface area contributed by atoms with Crippen molar-refractivity contribution in [2.24, 2.45) is 4.99 Å². The Hall–Kier alpha value is -2.61. The summed E-state index contributed by atoms with van der Waals surface area (Å²) in [6.45, 7) is 5.22. The van der Waals surface area contributed by atoms with Gasteiger partial charge in [-0.2, -0.15) is 4.99 Å². The van der Waals surface area contributed by atoms with Gasteiger partial charge in [0.05, 0.1) is 47.2 Å². The van der Waals surface area contributed by atoms with E-state index >= 15 is 0 Å². The van der Waals surface area contributed by atoms with Crippen molar-refractivity contribution in [1.82, 2.24) is 14.5 Å². The van der Waals surface area contributed by atoms with Crippen LogP contribution in [0.4, 0.5) is 5.69 Å². The van der Waals surface area contributed by atoms with Crippen molar-refractivity contribution >= 4 is 52.2 Å². The van der Waals surface area contributed by atoms with Gasteiger partial charge in [0, 0.05) is 32.9 Å². The van der Waals surface area contributed by atoms with E-state index in [0.29, 0.717) is 40.9 Å². The first-order valence-electron chi connectivity index (χ1n) is 10.4. The minimum atomic E-state index is -0.329. The van der Waals surface area contributed by atoms with Gasteiger partial charge in [-0.05, 0) is 30.7 Å². The summed E-state index contributed by atoms with van der Waals surface area (Å²) < 4.78 is 7.56. The molecule has 1 aliphatic rings. The Labute approximate surface area is 197 Å². The number of benzene rings is 2. The van der Waals surface area contributed by atoms with Crippen molar-refractivity contribution in [3.8, 4) is 0 Å². The fourth-order valence-electron chi connectivity index (χ4n) is 3.77. The molecule has 9 heteroatoms. The summed E-state index contributed by atoms with van der Waals surface area (Å²) >= 11 is 12.7.